The van der Waals surface area contributed by atoms with Gasteiger partial charge in [0, 0.05) is 25.9 Å². The summed E-state index contributed by atoms with van der Waals surface area (Å²) in [5.74, 6) is -1.02. The van der Waals surface area contributed by atoms with E-state index >= 15 is 0 Å². The van der Waals surface area contributed by atoms with Gasteiger partial charge in [-0.1, -0.05) is 50.0 Å². The Morgan fingerprint density at radius 2 is 1.77 bits per heavy atom. The third kappa shape index (κ3) is 8.40. The fraction of sp³-hybridized carbons (Fsp3) is 0.440. The van der Waals surface area contributed by atoms with E-state index in [9.17, 15) is 14.0 Å². The van der Waals surface area contributed by atoms with E-state index in [4.69, 9.17) is 9.47 Å². The molecule has 0 radical (unpaired) electrons. The number of hydrogen-bond acceptors (Lipinski definition) is 5. The van der Waals surface area contributed by atoms with Gasteiger partial charge in [-0.15, -0.1) is 12.4 Å². The van der Waals surface area contributed by atoms with Crippen molar-refractivity contribution in [2.45, 2.75) is 32.3 Å². The normalized spacial score (nSPS) is 15.1. The Kier molecular flexibility index (Phi) is 10.9. The predicted octanol–water partition coefficient (Wildman–Crippen LogP) is 3.07. The molecule has 192 valence electrons. The molecule has 2 aromatic rings. The fourth-order valence-corrected chi connectivity index (χ4v) is 5.23. The van der Waals surface area contributed by atoms with Gasteiger partial charge in [0.15, 0.2) is 0 Å². The molecule has 0 saturated carbocycles. The topological polar surface area (TPSA) is 79.9 Å². The molecule has 7 nitrogen and oxygen atoms in total. The number of nitrogens with one attached hydrogen (secondary N) is 2. The molecule has 1 atom stereocenters. The van der Waals surface area contributed by atoms with Crippen LogP contribution in [0.3, 0.4) is 0 Å². The van der Waals surface area contributed by atoms with Crippen molar-refractivity contribution in [3.8, 4) is 0 Å². The van der Waals surface area contributed by atoms with Crippen molar-refractivity contribution in [3.05, 3.63) is 59.4 Å². The molecule has 0 unspecified atom stereocenters. The van der Waals surface area contributed by atoms with Crippen LogP contribution in [0, 0.1) is 5.82 Å². The number of benzene rings is 2. The third-order valence-corrected chi connectivity index (χ3v) is 7.73. The lowest BCUT2D eigenvalue weighted by molar-refractivity contribution is -0.128. The molecule has 3 rings (SSSR count). The number of carbonyl (C=O) groups excluding carboxylic acids is 2. The van der Waals surface area contributed by atoms with Crippen LogP contribution in [-0.4, -0.2) is 64.7 Å². The second-order valence-electron chi connectivity index (χ2n) is 9.50. The first-order chi connectivity index (χ1) is 16.2. The minimum Gasteiger partial charge on any atom is -0.380 e. The lowest BCUT2D eigenvalue weighted by Gasteiger charge is -2.27. The third-order valence-electron chi connectivity index (χ3n) is 5.71. The van der Waals surface area contributed by atoms with Crippen molar-refractivity contribution in [3.63, 3.8) is 0 Å². The Bertz CT molecular complexity index is 995. The largest absolute Gasteiger partial charge is 0.380 e. The van der Waals surface area contributed by atoms with Crippen LogP contribution >= 0.6 is 12.4 Å². The van der Waals surface area contributed by atoms with Crippen molar-refractivity contribution >= 4 is 43.2 Å². The molecule has 35 heavy (non-hydrogen) atoms. The van der Waals surface area contributed by atoms with Gasteiger partial charge in [-0.2, -0.15) is 0 Å². The van der Waals surface area contributed by atoms with Crippen LogP contribution in [0.4, 0.5) is 10.1 Å². The van der Waals surface area contributed by atoms with E-state index in [0.29, 0.717) is 49.3 Å². The summed E-state index contributed by atoms with van der Waals surface area (Å²) >= 11 is 0. The maximum atomic E-state index is 14.7. The highest BCUT2D eigenvalue weighted by Gasteiger charge is 2.26. The molecule has 1 fully saturated rings. The number of halogens is 2. The second-order valence-corrected chi connectivity index (χ2v) is 14.5. The summed E-state index contributed by atoms with van der Waals surface area (Å²) in [7, 11) is -0.226. The summed E-state index contributed by atoms with van der Waals surface area (Å²) in [6.07, 6.45) is 0. The molecule has 10 heteroatoms. The Balaban J connectivity index is 0.00000432. The number of ether oxygens (including phenoxy) is 2. The zero-order valence-corrected chi connectivity index (χ0v) is 22.5. The van der Waals surface area contributed by atoms with Gasteiger partial charge < -0.3 is 20.1 Å². The number of carbonyl (C=O) groups is 2. The first kappa shape index (κ1) is 28.9. The standard InChI is InChI=1S/C25H34FN3O4Si.ClH/c1-32-17-18-5-7-19(8-6-18)24(28-23(30)16-29-11-13-33-14-12-29)25(31)27-20-9-10-22(21(26)15-20)34(2,3)4;/h5-10,15,24H,11-14,16-17H2,1-4H3,(H,27,31)(H,28,30);1H/t24-;/m1./s1. The Morgan fingerprint density at radius 3 is 2.34 bits per heavy atom. The summed E-state index contributed by atoms with van der Waals surface area (Å²) in [6, 6.07) is 11.2. The molecule has 1 saturated heterocycles. The van der Waals surface area contributed by atoms with Crippen LogP contribution in [0.5, 0.6) is 0 Å². The predicted molar refractivity (Wildman–Crippen MR) is 141 cm³/mol. The van der Waals surface area contributed by atoms with Crippen LogP contribution in [0.15, 0.2) is 42.5 Å². The first-order valence-electron chi connectivity index (χ1n) is 11.5. The summed E-state index contributed by atoms with van der Waals surface area (Å²) in [4.78, 5) is 28.0. The van der Waals surface area contributed by atoms with Gasteiger partial charge in [-0.25, -0.2) is 4.39 Å². The number of hydrogen-bond donors (Lipinski definition) is 2. The summed E-state index contributed by atoms with van der Waals surface area (Å²) < 4.78 is 25.2. The van der Waals surface area contributed by atoms with Gasteiger partial charge in [0.25, 0.3) is 5.91 Å². The van der Waals surface area contributed by atoms with E-state index in [-0.39, 0.29) is 30.7 Å². The van der Waals surface area contributed by atoms with E-state index in [1.54, 1.807) is 31.4 Å². The average molecular weight is 524 g/mol. The first-order valence-corrected chi connectivity index (χ1v) is 15.0. The van der Waals surface area contributed by atoms with Crippen molar-refractivity contribution < 1.29 is 23.5 Å². The number of nitrogens with zero attached hydrogens (tertiary/aromatic N) is 1. The van der Waals surface area contributed by atoms with E-state index in [1.807, 2.05) is 17.0 Å². The SMILES string of the molecule is COCc1ccc([C@@H](NC(=O)CN2CCOCC2)C(=O)Nc2ccc([Si](C)(C)C)c(F)c2)cc1.Cl. The molecule has 2 aromatic carbocycles. The average Bonchev–Trinajstić information content (AvgIpc) is 2.78. The van der Waals surface area contributed by atoms with Crippen molar-refractivity contribution in [1.29, 1.82) is 0 Å². The molecule has 0 aliphatic carbocycles. The van der Waals surface area contributed by atoms with Crippen molar-refractivity contribution in [1.82, 2.24) is 10.2 Å². The molecular weight excluding hydrogens is 489 g/mol. The van der Waals surface area contributed by atoms with Crippen LogP contribution in [-0.2, 0) is 25.7 Å². The van der Waals surface area contributed by atoms with Gasteiger partial charge in [0.2, 0.25) is 5.91 Å². The Labute approximate surface area is 213 Å². The van der Waals surface area contributed by atoms with Crippen LogP contribution < -0.4 is 15.8 Å². The second kappa shape index (κ2) is 13.1. The van der Waals surface area contributed by atoms with Gasteiger partial charge in [0.05, 0.1) is 34.4 Å². The smallest absolute Gasteiger partial charge is 0.251 e. The van der Waals surface area contributed by atoms with E-state index < -0.39 is 20.0 Å². The molecule has 1 aliphatic heterocycles. The maximum absolute atomic E-state index is 14.7. The molecule has 2 N–H and O–H groups in total. The number of rotatable bonds is 9. The van der Waals surface area contributed by atoms with E-state index in [2.05, 4.69) is 30.3 Å². The lowest BCUT2D eigenvalue weighted by Crippen LogP contribution is -2.46. The van der Waals surface area contributed by atoms with Gasteiger partial charge in [-0.05, 0) is 28.4 Å². The zero-order valence-electron chi connectivity index (χ0n) is 20.7. The molecule has 0 spiro atoms. The minimum atomic E-state index is -1.84. The van der Waals surface area contributed by atoms with Crippen molar-refractivity contribution in [2.75, 3.05) is 45.3 Å². The molecule has 2 amide bonds. The Morgan fingerprint density at radius 1 is 1.11 bits per heavy atom. The maximum Gasteiger partial charge on any atom is 0.251 e. The Hall–Kier alpha value is -2.30. The molecular formula is C25H35ClFN3O4Si. The van der Waals surface area contributed by atoms with Crippen LogP contribution in [0.1, 0.15) is 17.2 Å². The molecule has 0 aromatic heterocycles. The van der Waals surface area contributed by atoms with Gasteiger partial charge in [0.1, 0.15) is 11.9 Å². The summed E-state index contributed by atoms with van der Waals surface area (Å²) in [5.41, 5.74) is 1.94. The van der Waals surface area contributed by atoms with Crippen LogP contribution in [0.25, 0.3) is 0 Å². The zero-order chi connectivity index (χ0) is 24.7. The van der Waals surface area contributed by atoms with E-state index in [1.165, 1.54) is 6.07 Å². The molecule has 1 heterocycles. The molecule has 0 bridgehead atoms. The summed E-state index contributed by atoms with van der Waals surface area (Å²) in [5, 5.41) is 6.33. The minimum absolute atomic E-state index is 0. The number of anilines is 1. The quantitative estimate of drug-likeness (QED) is 0.494. The van der Waals surface area contributed by atoms with Gasteiger partial charge in [-0.3, -0.25) is 14.5 Å². The highest BCUT2D eigenvalue weighted by atomic mass is 35.5. The van der Waals surface area contributed by atoms with E-state index in [0.717, 1.165) is 5.56 Å². The monoisotopic (exact) mass is 523 g/mol. The lowest BCUT2D eigenvalue weighted by atomic mass is 10.0. The number of methoxy groups -OCH3 is 1. The number of amides is 2. The van der Waals surface area contributed by atoms with Gasteiger partial charge >= 0.3 is 0 Å². The highest BCUT2D eigenvalue weighted by Crippen LogP contribution is 2.19. The fourth-order valence-electron chi connectivity index (χ4n) is 3.86. The molecule has 1 aliphatic rings. The van der Waals surface area contributed by atoms with Crippen LogP contribution in [0.2, 0.25) is 19.6 Å². The summed E-state index contributed by atoms with van der Waals surface area (Å²) in [6.45, 7) is 9.31. The number of morpholine rings is 1. The highest BCUT2D eigenvalue weighted by molar-refractivity contribution is 6.88. The van der Waals surface area contributed by atoms with Crippen molar-refractivity contribution in [2.24, 2.45) is 0 Å².